The summed E-state index contributed by atoms with van der Waals surface area (Å²) in [6, 6.07) is 6.56. The average molecular weight is 285 g/mol. The number of nitriles is 1. The largest absolute Gasteiger partial charge is 0.353 e. The van der Waals surface area contributed by atoms with Crippen LogP contribution in [0.4, 0.5) is 5.82 Å². The summed E-state index contributed by atoms with van der Waals surface area (Å²) in [6.45, 7) is 3.02. The molecule has 0 bridgehead atoms. The number of piperidine rings is 1. The van der Waals surface area contributed by atoms with Crippen LogP contribution in [-0.4, -0.2) is 48.1 Å². The van der Waals surface area contributed by atoms with Gasteiger partial charge in [-0.3, -0.25) is 4.90 Å². The third-order valence-electron chi connectivity index (χ3n) is 4.56. The molecule has 0 N–H and O–H groups in total. The van der Waals surface area contributed by atoms with E-state index in [2.05, 4.69) is 26.0 Å². The Morgan fingerprint density at radius 1 is 1.43 bits per heavy atom. The predicted molar refractivity (Wildman–Crippen MR) is 80.0 cm³/mol. The van der Waals surface area contributed by atoms with Crippen molar-refractivity contribution in [3.05, 3.63) is 28.8 Å². The third-order valence-corrected chi connectivity index (χ3v) is 4.56. The molecule has 2 fully saturated rings. The van der Waals surface area contributed by atoms with E-state index in [0.29, 0.717) is 24.2 Å². The number of nitroso groups, excluding NO2 is 1. The maximum atomic E-state index is 10.6. The summed E-state index contributed by atoms with van der Waals surface area (Å²) >= 11 is 0. The fourth-order valence-corrected chi connectivity index (χ4v) is 3.57. The molecule has 110 valence electrons. The van der Waals surface area contributed by atoms with Gasteiger partial charge in [0.05, 0.1) is 12.1 Å². The molecule has 0 unspecified atom stereocenters. The summed E-state index contributed by atoms with van der Waals surface area (Å²) < 4.78 is 0. The smallest absolute Gasteiger partial charge is 0.146 e. The number of fused-ring (bicyclic) bond motifs is 1. The van der Waals surface area contributed by atoms with E-state index < -0.39 is 0 Å². The molecule has 2 atom stereocenters. The van der Waals surface area contributed by atoms with Gasteiger partial charge in [0.1, 0.15) is 11.9 Å². The van der Waals surface area contributed by atoms with Gasteiger partial charge in [-0.2, -0.15) is 10.2 Å². The van der Waals surface area contributed by atoms with Crippen molar-refractivity contribution < 1.29 is 0 Å². The summed E-state index contributed by atoms with van der Waals surface area (Å²) in [4.78, 5) is 19.6. The molecule has 0 spiro atoms. The number of hydrogen-bond donors (Lipinski definition) is 0. The van der Waals surface area contributed by atoms with Gasteiger partial charge in [-0.1, -0.05) is 11.6 Å². The third kappa shape index (κ3) is 2.74. The van der Waals surface area contributed by atoms with Gasteiger partial charge in [0.2, 0.25) is 0 Å². The maximum absolute atomic E-state index is 10.6. The maximum Gasteiger partial charge on any atom is 0.146 e. The molecule has 21 heavy (non-hydrogen) atoms. The van der Waals surface area contributed by atoms with E-state index in [9.17, 15) is 10.2 Å². The SMILES string of the molecule is N#Cc1cccnc1N1CCN2[C@@H](CN=O)CCC[C@H]2C1. The highest BCUT2D eigenvalue weighted by molar-refractivity contribution is 5.53. The lowest BCUT2D eigenvalue weighted by molar-refractivity contribution is 0.0762. The van der Waals surface area contributed by atoms with Crippen LogP contribution in [0.3, 0.4) is 0 Å². The lowest BCUT2D eigenvalue weighted by atomic mass is 9.93. The Bertz CT molecular complexity index is 555. The van der Waals surface area contributed by atoms with Crippen molar-refractivity contribution in [2.24, 2.45) is 5.18 Å². The Labute approximate surface area is 124 Å². The summed E-state index contributed by atoms with van der Waals surface area (Å²) in [5.41, 5.74) is 0.632. The van der Waals surface area contributed by atoms with Gasteiger partial charge >= 0.3 is 0 Å². The molecule has 6 heteroatoms. The lowest BCUT2D eigenvalue weighted by Crippen LogP contribution is -2.59. The van der Waals surface area contributed by atoms with Crippen LogP contribution in [0.25, 0.3) is 0 Å². The summed E-state index contributed by atoms with van der Waals surface area (Å²) in [6.07, 6.45) is 5.08. The Balaban J connectivity index is 1.76. The molecular weight excluding hydrogens is 266 g/mol. The van der Waals surface area contributed by atoms with E-state index in [1.807, 2.05) is 6.07 Å². The van der Waals surface area contributed by atoms with Gasteiger partial charge in [0, 0.05) is 37.9 Å². The fourth-order valence-electron chi connectivity index (χ4n) is 3.57. The van der Waals surface area contributed by atoms with E-state index in [0.717, 1.165) is 44.7 Å². The first-order chi connectivity index (χ1) is 10.3. The van der Waals surface area contributed by atoms with Crippen LogP contribution >= 0.6 is 0 Å². The fraction of sp³-hybridized carbons (Fsp3) is 0.600. The Kier molecular flexibility index (Phi) is 4.11. The number of hydrogen-bond acceptors (Lipinski definition) is 6. The van der Waals surface area contributed by atoms with Crippen molar-refractivity contribution in [1.29, 1.82) is 5.26 Å². The number of anilines is 1. The van der Waals surface area contributed by atoms with E-state index in [-0.39, 0.29) is 0 Å². The Morgan fingerprint density at radius 3 is 3.14 bits per heavy atom. The van der Waals surface area contributed by atoms with E-state index in [4.69, 9.17) is 0 Å². The van der Waals surface area contributed by atoms with Gasteiger partial charge in [0.15, 0.2) is 0 Å². The second kappa shape index (κ2) is 6.19. The van der Waals surface area contributed by atoms with Crippen LogP contribution in [0.5, 0.6) is 0 Å². The molecule has 0 saturated carbocycles. The number of nitrogens with zero attached hydrogens (tertiary/aromatic N) is 5. The monoisotopic (exact) mass is 285 g/mol. The van der Waals surface area contributed by atoms with Crippen LogP contribution in [0.15, 0.2) is 23.5 Å². The van der Waals surface area contributed by atoms with Crippen LogP contribution in [0.1, 0.15) is 24.8 Å². The molecule has 0 aliphatic carbocycles. The van der Waals surface area contributed by atoms with Crippen LogP contribution in [0, 0.1) is 16.2 Å². The highest BCUT2D eigenvalue weighted by Gasteiger charge is 2.35. The zero-order valence-electron chi connectivity index (χ0n) is 12.0. The first-order valence-corrected chi connectivity index (χ1v) is 7.48. The minimum atomic E-state index is 0.294. The van der Waals surface area contributed by atoms with Gasteiger partial charge in [-0.25, -0.2) is 4.98 Å². The number of pyridine rings is 1. The standard InChI is InChI=1S/C15H19N5O/c16-9-12-3-2-6-17-15(12)19-7-8-20-13(10-18-21)4-1-5-14(20)11-19/h2-3,6,13-14H,1,4-5,7-8,10-11H2/t13-,14+/m1/s1. The van der Waals surface area contributed by atoms with Gasteiger partial charge < -0.3 is 4.90 Å². The van der Waals surface area contributed by atoms with Crippen molar-refractivity contribution in [3.63, 3.8) is 0 Å². The topological polar surface area (TPSA) is 72.6 Å². The molecule has 1 aromatic heterocycles. The molecule has 2 aliphatic rings. The average Bonchev–Trinajstić information content (AvgIpc) is 2.55. The van der Waals surface area contributed by atoms with E-state index >= 15 is 0 Å². The van der Waals surface area contributed by atoms with Crippen molar-refractivity contribution >= 4 is 5.82 Å². The molecule has 0 radical (unpaired) electrons. The zero-order chi connectivity index (χ0) is 14.7. The van der Waals surface area contributed by atoms with E-state index in [1.54, 1.807) is 12.3 Å². The molecule has 3 heterocycles. The number of piperazine rings is 1. The minimum Gasteiger partial charge on any atom is -0.353 e. The molecule has 1 aromatic rings. The summed E-state index contributed by atoms with van der Waals surface area (Å²) in [7, 11) is 0. The van der Waals surface area contributed by atoms with Gasteiger partial charge in [-0.05, 0) is 25.0 Å². The normalized spacial score (nSPS) is 26.0. The van der Waals surface area contributed by atoms with E-state index in [1.165, 1.54) is 0 Å². The summed E-state index contributed by atoms with van der Waals surface area (Å²) in [5.74, 6) is 0.787. The van der Waals surface area contributed by atoms with Gasteiger partial charge in [-0.15, -0.1) is 0 Å². The van der Waals surface area contributed by atoms with Crippen molar-refractivity contribution in [2.75, 3.05) is 31.1 Å². The van der Waals surface area contributed by atoms with Crippen molar-refractivity contribution in [2.45, 2.75) is 31.3 Å². The molecule has 6 nitrogen and oxygen atoms in total. The second-order valence-electron chi connectivity index (χ2n) is 5.72. The quantitative estimate of drug-likeness (QED) is 0.791. The molecular formula is C15H19N5O. The summed E-state index contributed by atoms with van der Waals surface area (Å²) in [5, 5.41) is 12.3. The zero-order valence-corrected chi connectivity index (χ0v) is 12.0. The number of aromatic nitrogens is 1. The van der Waals surface area contributed by atoms with Crippen molar-refractivity contribution in [3.8, 4) is 6.07 Å². The first kappa shape index (κ1) is 14.0. The molecule has 0 amide bonds. The first-order valence-electron chi connectivity index (χ1n) is 7.48. The van der Waals surface area contributed by atoms with Crippen LogP contribution in [-0.2, 0) is 0 Å². The Morgan fingerprint density at radius 2 is 2.33 bits per heavy atom. The minimum absolute atomic E-state index is 0.294. The van der Waals surface area contributed by atoms with Crippen LogP contribution in [0.2, 0.25) is 0 Å². The van der Waals surface area contributed by atoms with Crippen molar-refractivity contribution in [1.82, 2.24) is 9.88 Å². The molecule has 0 aromatic carbocycles. The Hall–Kier alpha value is -2.00. The molecule has 3 rings (SSSR count). The molecule has 2 aliphatic heterocycles. The van der Waals surface area contributed by atoms with Gasteiger partial charge in [0.25, 0.3) is 0 Å². The highest BCUT2D eigenvalue weighted by Crippen LogP contribution is 2.29. The lowest BCUT2D eigenvalue weighted by Gasteiger charge is -2.48. The highest BCUT2D eigenvalue weighted by atomic mass is 16.3. The number of rotatable bonds is 3. The predicted octanol–water partition coefficient (Wildman–Crippen LogP) is 1.76. The second-order valence-corrected chi connectivity index (χ2v) is 5.72. The van der Waals surface area contributed by atoms with Crippen LogP contribution < -0.4 is 4.90 Å². The molecule has 2 saturated heterocycles.